The highest BCUT2D eigenvalue weighted by Gasteiger charge is 2.25. The monoisotopic (exact) mass is 689 g/mol. The maximum Gasteiger partial charge on any atom is 0.307 e. The van der Waals surface area contributed by atoms with Gasteiger partial charge in [0, 0.05) is 48.2 Å². The summed E-state index contributed by atoms with van der Waals surface area (Å²) in [4.78, 5) is 17.6. The second-order valence-corrected chi connectivity index (χ2v) is 12.5. The highest BCUT2D eigenvalue weighted by Crippen LogP contribution is 2.38. The summed E-state index contributed by atoms with van der Waals surface area (Å²) in [5.74, 6) is 0.381. The van der Waals surface area contributed by atoms with Gasteiger partial charge in [-0.05, 0) is 67.6 Å². The van der Waals surface area contributed by atoms with Gasteiger partial charge in [-0.25, -0.2) is 0 Å². The molecular weight excluding hydrogens is 653 g/mol. The third kappa shape index (κ3) is 8.77. The van der Waals surface area contributed by atoms with Gasteiger partial charge in [-0.2, -0.15) is 5.26 Å². The number of carboxylic acids is 1. The summed E-state index contributed by atoms with van der Waals surface area (Å²) < 4.78 is 18.2. The molecule has 0 amide bonds. The molecule has 0 saturated carbocycles. The van der Waals surface area contributed by atoms with E-state index < -0.39 is 5.97 Å². The highest BCUT2D eigenvalue weighted by molar-refractivity contribution is 6.35. The van der Waals surface area contributed by atoms with Crippen LogP contribution in [0.15, 0.2) is 67.0 Å². The van der Waals surface area contributed by atoms with Crippen molar-refractivity contribution in [2.24, 2.45) is 5.92 Å². The maximum absolute atomic E-state index is 11.4. The summed E-state index contributed by atoms with van der Waals surface area (Å²) in [7, 11) is 0. The Balaban J connectivity index is 1.24. The largest absolute Gasteiger partial charge is 0.492 e. The van der Waals surface area contributed by atoms with Crippen molar-refractivity contribution < 1.29 is 29.2 Å². The minimum absolute atomic E-state index is 0.146. The highest BCUT2D eigenvalue weighted by atomic mass is 35.5. The predicted octanol–water partition coefficient (Wildman–Crippen LogP) is 7.45. The second-order valence-electron chi connectivity index (χ2n) is 11.7. The maximum atomic E-state index is 11.4. The number of aliphatic carboxylic acids is 1. The van der Waals surface area contributed by atoms with Gasteiger partial charge >= 0.3 is 5.97 Å². The number of nitriles is 1. The molecule has 1 aliphatic heterocycles. The van der Waals surface area contributed by atoms with Crippen molar-refractivity contribution in [2.45, 2.75) is 46.0 Å². The van der Waals surface area contributed by atoms with Gasteiger partial charge in [-0.3, -0.25) is 9.78 Å². The number of aliphatic hydroxyl groups excluding tert-OH is 1. The molecule has 1 fully saturated rings. The lowest BCUT2D eigenvalue weighted by atomic mass is 9.96. The van der Waals surface area contributed by atoms with Crippen molar-refractivity contribution in [1.82, 2.24) is 9.88 Å². The van der Waals surface area contributed by atoms with Crippen molar-refractivity contribution in [3.63, 3.8) is 0 Å². The van der Waals surface area contributed by atoms with Crippen molar-refractivity contribution >= 4 is 29.2 Å². The molecule has 11 heteroatoms. The van der Waals surface area contributed by atoms with Crippen LogP contribution >= 0.6 is 23.2 Å². The van der Waals surface area contributed by atoms with E-state index in [0.717, 1.165) is 54.6 Å². The molecule has 5 rings (SSSR count). The minimum Gasteiger partial charge on any atom is -0.492 e. The molecule has 4 aromatic rings. The molecule has 250 valence electrons. The Morgan fingerprint density at radius 2 is 1.79 bits per heavy atom. The number of halogens is 2. The number of nitrogens with zero attached hydrogens (tertiary/aromatic N) is 3. The van der Waals surface area contributed by atoms with Crippen molar-refractivity contribution in [3.8, 4) is 34.4 Å². The van der Waals surface area contributed by atoms with E-state index in [1.54, 1.807) is 24.4 Å². The van der Waals surface area contributed by atoms with Gasteiger partial charge in [0.2, 0.25) is 0 Å². The zero-order valence-corrected chi connectivity index (χ0v) is 28.1. The summed E-state index contributed by atoms with van der Waals surface area (Å²) >= 11 is 13.4. The van der Waals surface area contributed by atoms with E-state index in [-0.39, 0.29) is 25.7 Å². The van der Waals surface area contributed by atoms with Crippen LogP contribution in [-0.4, -0.2) is 52.3 Å². The lowest BCUT2D eigenvalue weighted by molar-refractivity contribution is -0.143. The average molecular weight is 691 g/mol. The fraction of sp³-hybridized carbons (Fsp3) is 0.324. The molecule has 9 nitrogen and oxygen atoms in total. The van der Waals surface area contributed by atoms with E-state index in [1.807, 2.05) is 43.3 Å². The minimum atomic E-state index is -0.723. The van der Waals surface area contributed by atoms with Crippen molar-refractivity contribution in [3.05, 3.63) is 105 Å². The number of carbonyl (C=O) groups is 1. The van der Waals surface area contributed by atoms with Gasteiger partial charge < -0.3 is 29.3 Å². The van der Waals surface area contributed by atoms with Crippen molar-refractivity contribution in [1.29, 1.82) is 5.26 Å². The van der Waals surface area contributed by atoms with E-state index >= 15 is 0 Å². The Hall–Kier alpha value is -4.33. The van der Waals surface area contributed by atoms with E-state index in [1.165, 1.54) is 6.20 Å². The smallest absolute Gasteiger partial charge is 0.307 e. The first kappa shape index (κ1) is 35.0. The summed E-state index contributed by atoms with van der Waals surface area (Å²) in [5.41, 5.74) is 5.34. The molecule has 0 radical (unpaired) electrons. The first-order valence-corrected chi connectivity index (χ1v) is 16.5. The number of ether oxygens (including phenoxy) is 3. The third-order valence-electron chi connectivity index (χ3n) is 8.42. The molecule has 0 spiro atoms. The van der Waals surface area contributed by atoms with Gasteiger partial charge in [0.1, 0.15) is 36.5 Å². The van der Waals surface area contributed by atoms with Gasteiger partial charge in [-0.1, -0.05) is 53.5 Å². The number of likely N-dealkylation sites (tertiary alicyclic amines) is 1. The molecule has 1 aromatic heterocycles. The number of rotatable bonds is 14. The zero-order valence-electron chi connectivity index (χ0n) is 26.6. The number of aliphatic hydroxyl groups is 1. The topological polar surface area (TPSA) is 125 Å². The van der Waals surface area contributed by atoms with Crippen LogP contribution in [0.5, 0.6) is 17.2 Å². The number of carboxylic acid groups (broad SMARTS) is 1. The summed E-state index contributed by atoms with van der Waals surface area (Å²) in [5, 5.41) is 29.3. The van der Waals surface area contributed by atoms with Crippen LogP contribution in [0.4, 0.5) is 0 Å². The van der Waals surface area contributed by atoms with Gasteiger partial charge in [-0.15, -0.1) is 0 Å². The normalized spacial score (nSPS) is 14.7. The molecule has 2 heterocycles. The fourth-order valence-electron chi connectivity index (χ4n) is 5.78. The first-order valence-electron chi connectivity index (χ1n) is 15.8. The number of piperidine rings is 1. The van der Waals surface area contributed by atoms with E-state index in [4.69, 9.17) is 42.7 Å². The van der Waals surface area contributed by atoms with Crippen LogP contribution in [0, 0.1) is 24.2 Å². The van der Waals surface area contributed by atoms with Gasteiger partial charge in [0.15, 0.2) is 0 Å². The molecule has 0 bridgehead atoms. The van der Waals surface area contributed by atoms with E-state index in [0.29, 0.717) is 57.1 Å². The SMILES string of the molecule is Cc1c(COc2cc(OCc3cncc(C#N)c3)c(CO)cc2Cl)cccc1-c1cccc(OCCCN2CCCC(C(=O)O)C2)c1Cl. The lowest BCUT2D eigenvalue weighted by Gasteiger charge is -2.30. The van der Waals surface area contributed by atoms with Crippen LogP contribution in [-0.2, 0) is 24.6 Å². The molecule has 48 heavy (non-hydrogen) atoms. The Morgan fingerprint density at radius 3 is 2.58 bits per heavy atom. The Morgan fingerprint density at radius 1 is 1.00 bits per heavy atom. The number of pyridine rings is 1. The lowest BCUT2D eigenvalue weighted by Crippen LogP contribution is -2.39. The molecule has 2 N–H and O–H groups in total. The number of hydrogen-bond donors (Lipinski definition) is 2. The molecule has 1 aliphatic rings. The second kappa shape index (κ2) is 16.7. The fourth-order valence-corrected chi connectivity index (χ4v) is 6.30. The first-order chi connectivity index (χ1) is 23.3. The summed E-state index contributed by atoms with van der Waals surface area (Å²) in [6.45, 7) is 4.83. The van der Waals surface area contributed by atoms with Crippen LogP contribution in [0.25, 0.3) is 11.1 Å². The Kier molecular flexibility index (Phi) is 12.2. The Bertz CT molecular complexity index is 1790. The predicted molar refractivity (Wildman–Crippen MR) is 184 cm³/mol. The molecule has 1 atom stereocenters. The average Bonchev–Trinajstić information content (AvgIpc) is 3.10. The van der Waals surface area contributed by atoms with E-state index in [9.17, 15) is 15.0 Å². The van der Waals surface area contributed by atoms with Crippen molar-refractivity contribution in [2.75, 3.05) is 26.2 Å². The third-order valence-corrected chi connectivity index (χ3v) is 9.10. The molecule has 1 unspecified atom stereocenters. The van der Waals surface area contributed by atoms with Gasteiger partial charge in [0.25, 0.3) is 0 Å². The van der Waals surface area contributed by atoms with E-state index in [2.05, 4.69) is 16.0 Å². The molecule has 3 aromatic carbocycles. The summed E-state index contributed by atoms with van der Waals surface area (Å²) in [6.07, 6.45) is 5.49. The van der Waals surface area contributed by atoms with Crippen LogP contribution in [0.1, 0.15) is 47.1 Å². The zero-order chi connectivity index (χ0) is 34.0. The van der Waals surface area contributed by atoms with Gasteiger partial charge in [0.05, 0.1) is 34.7 Å². The number of aromatic nitrogens is 1. The quantitative estimate of drug-likeness (QED) is 0.130. The van der Waals surface area contributed by atoms with Crippen LogP contribution < -0.4 is 14.2 Å². The molecule has 0 aliphatic carbocycles. The van der Waals surface area contributed by atoms with Crippen LogP contribution in [0.2, 0.25) is 10.0 Å². The summed E-state index contributed by atoms with van der Waals surface area (Å²) in [6, 6.07) is 18.7. The molecular formula is C37H37Cl2N3O6. The molecule has 1 saturated heterocycles. The standard InChI is InChI=1S/C37H37Cl2N3O6/c1-24-28(23-48-35-16-34(29(21-43)15-32(35)38)47-22-26-14-25(17-40)18-41-19-26)6-2-8-30(24)31-9-3-10-33(36(31)39)46-13-5-12-42-11-4-7-27(20-42)37(44)45/h2-3,6,8-10,14-16,18-19,27,43H,4-5,7,11-13,20-23H2,1H3,(H,44,45). The number of benzene rings is 3. The number of hydrogen-bond acceptors (Lipinski definition) is 8. The Labute approximate surface area is 290 Å². The van der Waals surface area contributed by atoms with Crippen LogP contribution in [0.3, 0.4) is 0 Å².